The quantitative estimate of drug-likeness (QED) is 0.633. The van der Waals surface area contributed by atoms with Gasteiger partial charge in [-0.25, -0.2) is 13.8 Å². The van der Waals surface area contributed by atoms with E-state index in [0.717, 1.165) is 6.07 Å². The molecule has 9 heteroatoms. The van der Waals surface area contributed by atoms with Gasteiger partial charge in [0.05, 0.1) is 23.8 Å². The molecule has 1 saturated heterocycles. The minimum Gasteiger partial charge on any atom is -0.394 e. The molecule has 2 heterocycles. The van der Waals surface area contributed by atoms with Gasteiger partial charge in [-0.1, -0.05) is 30.0 Å². The number of fused-ring (bicyclic) bond motifs is 1. The number of amides is 1. The van der Waals surface area contributed by atoms with Crippen LogP contribution in [0, 0.1) is 17.6 Å². The Morgan fingerprint density at radius 2 is 2.07 bits per heavy atom. The Morgan fingerprint density at radius 1 is 1.30 bits per heavy atom. The Hall–Kier alpha value is -1.81. The summed E-state index contributed by atoms with van der Waals surface area (Å²) in [6, 6.07) is 10.9. The van der Waals surface area contributed by atoms with Crippen molar-refractivity contribution >= 4 is 38.8 Å². The molecule has 0 bridgehead atoms. The standard InChI is InChI=1S/C21H19BrF2N2O3S/c22-16-7-15(17(23)8-18(16)24)21-11-29-14(9-27)6-13(21)10-30-20(26-21)25-19(28)12-4-2-1-3-5-12/h1-5,7-8,13-14,27H,6,9-11H2,(H,25,26,28)/t13?,14?,21-/m0/s1. The number of benzene rings is 2. The van der Waals surface area contributed by atoms with E-state index in [0.29, 0.717) is 22.9 Å². The number of halogens is 3. The third-order valence-corrected chi connectivity index (χ3v) is 7.06. The predicted octanol–water partition coefficient (Wildman–Crippen LogP) is 3.85. The Balaban J connectivity index is 1.73. The molecule has 0 aromatic heterocycles. The van der Waals surface area contributed by atoms with Gasteiger partial charge in [-0.3, -0.25) is 4.79 Å². The summed E-state index contributed by atoms with van der Waals surface area (Å²) in [6.07, 6.45) is 0.104. The lowest BCUT2D eigenvalue weighted by molar-refractivity contribution is -0.0771. The highest BCUT2D eigenvalue weighted by molar-refractivity contribution is 9.10. The van der Waals surface area contributed by atoms with Crippen LogP contribution >= 0.6 is 27.7 Å². The molecule has 2 N–H and O–H groups in total. The smallest absolute Gasteiger partial charge is 0.257 e. The number of carbonyl (C=O) groups excluding carboxylic acids is 1. The molecule has 1 fully saturated rings. The van der Waals surface area contributed by atoms with Crippen molar-refractivity contribution in [2.45, 2.75) is 18.1 Å². The molecule has 4 rings (SSSR count). The normalized spacial score (nSPS) is 25.9. The van der Waals surface area contributed by atoms with Crippen LogP contribution in [0.25, 0.3) is 0 Å². The highest BCUT2D eigenvalue weighted by Gasteiger charge is 2.50. The summed E-state index contributed by atoms with van der Waals surface area (Å²) in [4.78, 5) is 17.3. The Kier molecular flexibility index (Phi) is 6.24. The first-order chi connectivity index (χ1) is 14.4. The second kappa shape index (κ2) is 8.74. The van der Waals surface area contributed by atoms with E-state index in [-0.39, 0.29) is 41.2 Å². The summed E-state index contributed by atoms with van der Waals surface area (Å²) in [5.41, 5.74) is -0.451. The summed E-state index contributed by atoms with van der Waals surface area (Å²) in [7, 11) is 0. The molecule has 0 radical (unpaired) electrons. The van der Waals surface area contributed by atoms with E-state index in [1.807, 2.05) is 6.07 Å². The molecular weight excluding hydrogens is 478 g/mol. The largest absolute Gasteiger partial charge is 0.394 e. The van der Waals surface area contributed by atoms with Crippen molar-refractivity contribution in [3.05, 3.63) is 69.7 Å². The molecule has 0 aliphatic carbocycles. The van der Waals surface area contributed by atoms with Crippen LogP contribution in [0.3, 0.4) is 0 Å². The molecule has 158 valence electrons. The van der Waals surface area contributed by atoms with Crippen molar-refractivity contribution in [1.82, 2.24) is 5.32 Å². The maximum atomic E-state index is 14.9. The first-order valence-corrected chi connectivity index (χ1v) is 11.2. The summed E-state index contributed by atoms with van der Waals surface area (Å²) in [6.45, 7) is -0.128. The SMILES string of the molecule is O=C(NC1=N[C@@]2(c3cc(Br)c(F)cc3F)COC(CO)CC2CS1)c1ccccc1. The van der Waals surface area contributed by atoms with Gasteiger partial charge in [-0.2, -0.15) is 0 Å². The molecule has 0 saturated carbocycles. The third-order valence-electron chi connectivity index (χ3n) is 5.42. The van der Waals surface area contributed by atoms with Gasteiger partial charge in [0.25, 0.3) is 5.91 Å². The van der Waals surface area contributed by atoms with Crippen molar-refractivity contribution in [3.63, 3.8) is 0 Å². The number of hydrogen-bond acceptors (Lipinski definition) is 5. The van der Waals surface area contributed by atoms with Crippen LogP contribution in [-0.2, 0) is 10.3 Å². The lowest BCUT2D eigenvalue weighted by Gasteiger charge is -2.46. The third kappa shape index (κ3) is 4.03. The summed E-state index contributed by atoms with van der Waals surface area (Å²) < 4.78 is 34.6. The van der Waals surface area contributed by atoms with Crippen molar-refractivity contribution in [1.29, 1.82) is 0 Å². The number of aliphatic imine (C=N–C) groups is 1. The van der Waals surface area contributed by atoms with Gasteiger partial charge in [-0.15, -0.1) is 0 Å². The van der Waals surface area contributed by atoms with Gasteiger partial charge in [0, 0.05) is 28.9 Å². The molecule has 1 amide bonds. The number of amidine groups is 1. The summed E-state index contributed by atoms with van der Waals surface area (Å²) in [5, 5.41) is 12.7. The lowest BCUT2D eigenvalue weighted by Crippen LogP contribution is -2.52. The number of nitrogens with one attached hydrogen (secondary N) is 1. The molecule has 30 heavy (non-hydrogen) atoms. The molecule has 0 spiro atoms. The van der Waals surface area contributed by atoms with Crippen molar-refractivity contribution in [2.24, 2.45) is 10.9 Å². The second-order valence-corrected chi connectivity index (χ2v) is 9.13. The van der Waals surface area contributed by atoms with Gasteiger partial charge in [0.1, 0.15) is 17.2 Å². The first kappa shape index (κ1) is 21.4. The number of aliphatic hydroxyl groups excluding tert-OH is 1. The van der Waals surface area contributed by atoms with E-state index in [4.69, 9.17) is 9.73 Å². The van der Waals surface area contributed by atoms with Gasteiger partial charge in [0.2, 0.25) is 0 Å². The van der Waals surface area contributed by atoms with Gasteiger partial charge in [0.15, 0.2) is 5.17 Å². The van der Waals surface area contributed by atoms with Crippen LogP contribution in [0.1, 0.15) is 22.3 Å². The fraction of sp³-hybridized carbons (Fsp3) is 0.333. The molecule has 2 aromatic carbocycles. The van der Waals surface area contributed by atoms with E-state index in [1.165, 1.54) is 17.8 Å². The maximum absolute atomic E-state index is 14.9. The van der Waals surface area contributed by atoms with E-state index in [2.05, 4.69) is 21.2 Å². The van der Waals surface area contributed by atoms with E-state index >= 15 is 0 Å². The van der Waals surface area contributed by atoms with Gasteiger partial charge >= 0.3 is 0 Å². The van der Waals surface area contributed by atoms with Crippen LogP contribution < -0.4 is 5.32 Å². The number of aliphatic hydroxyl groups is 1. The van der Waals surface area contributed by atoms with Crippen LogP contribution in [0.5, 0.6) is 0 Å². The molecule has 2 unspecified atom stereocenters. The number of carbonyl (C=O) groups is 1. The Labute approximate surface area is 185 Å². The van der Waals surface area contributed by atoms with E-state index < -0.39 is 17.2 Å². The Bertz CT molecular complexity index is 992. The zero-order valence-corrected chi connectivity index (χ0v) is 18.2. The number of thioether (sulfide) groups is 1. The first-order valence-electron chi connectivity index (χ1n) is 9.39. The average molecular weight is 497 g/mol. The van der Waals surface area contributed by atoms with Gasteiger partial charge in [-0.05, 0) is 40.5 Å². The second-order valence-electron chi connectivity index (χ2n) is 7.27. The lowest BCUT2D eigenvalue weighted by atomic mass is 9.75. The van der Waals surface area contributed by atoms with Crippen LogP contribution in [0.15, 0.2) is 51.9 Å². The number of nitrogens with zero attached hydrogens (tertiary/aromatic N) is 1. The van der Waals surface area contributed by atoms with Crippen molar-refractivity contribution in [3.8, 4) is 0 Å². The van der Waals surface area contributed by atoms with Gasteiger partial charge < -0.3 is 15.2 Å². The molecule has 5 nitrogen and oxygen atoms in total. The topological polar surface area (TPSA) is 70.9 Å². The molecule has 2 aliphatic heterocycles. The zero-order chi connectivity index (χ0) is 21.3. The van der Waals surface area contributed by atoms with Crippen LogP contribution in [-0.4, -0.2) is 41.3 Å². The number of rotatable bonds is 3. The average Bonchev–Trinajstić information content (AvgIpc) is 2.76. The van der Waals surface area contributed by atoms with Crippen molar-refractivity contribution in [2.75, 3.05) is 19.0 Å². The van der Waals surface area contributed by atoms with Crippen LogP contribution in [0.4, 0.5) is 8.78 Å². The van der Waals surface area contributed by atoms with Crippen molar-refractivity contribution < 1.29 is 23.4 Å². The van der Waals surface area contributed by atoms with Crippen LogP contribution in [0.2, 0.25) is 0 Å². The summed E-state index contributed by atoms with van der Waals surface area (Å²) in [5.74, 6) is -1.36. The van der Waals surface area contributed by atoms with E-state index in [1.54, 1.807) is 24.3 Å². The number of hydrogen-bond donors (Lipinski definition) is 2. The summed E-state index contributed by atoms with van der Waals surface area (Å²) >= 11 is 4.49. The molecule has 2 aliphatic rings. The highest BCUT2D eigenvalue weighted by Crippen LogP contribution is 2.47. The number of ether oxygens (including phenoxy) is 1. The minimum atomic E-state index is -1.13. The fourth-order valence-electron chi connectivity index (χ4n) is 3.83. The Morgan fingerprint density at radius 3 is 2.80 bits per heavy atom. The van der Waals surface area contributed by atoms with E-state index in [9.17, 15) is 18.7 Å². The maximum Gasteiger partial charge on any atom is 0.257 e. The minimum absolute atomic E-state index is 0.0170. The molecular formula is C21H19BrF2N2O3S. The highest BCUT2D eigenvalue weighted by atomic mass is 79.9. The molecule has 2 aromatic rings. The fourth-order valence-corrected chi connectivity index (χ4v) is 5.33. The monoisotopic (exact) mass is 496 g/mol. The molecule has 3 atom stereocenters. The zero-order valence-electron chi connectivity index (χ0n) is 15.8. The predicted molar refractivity (Wildman–Crippen MR) is 114 cm³/mol.